The molecule has 30 heavy (non-hydrogen) atoms. The van der Waals surface area contributed by atoms with Crippen molar-refractivity contribution in [2.45, 2.75) is 39.8 Å². The molecule has 0 spiro atoms. The maximum atomic E-state index is 13.0. The van der Waals surface area contributed by atoms with E-state index in [1.54, 1.807) is 0 Å². The maximum Gasteiger partial charge on any atom is 0.263 e. The third-order valence-corrected chi connectivity index (χ3v) is 5.93. The van der Waals surface area contributed by atoms with Crippen LogP contribution in [-0.4, -0.2) is 54.8 Å². The summed E-state index contributed by atoms with van der Waals surface area (Å²) in [5, 5.41) is 0. The van der Waals surface area contributed by atoms with Crippen LogP contribution in [0.4, 0.5) is 0 Å². The number of piperazine rings is 1. The number of nitrogens with zero attached hydrogens (tertiary/aromatic N) is 2. The van der Waals surface area contributed by atoms with Crippen LogP contribution in [0, 0.1) is 13.8 Å². The SMILES string of the molecule is CCC(Oc1ccc(C)c(C)c1)C(=O)N1CCN(Cc2ccc3c(c2)OCO3)CC1. The van der Waals surface area contributed by atoms with E-state index in [0.717, 1.165) is 50.0 Å². The van der Waals surface area contributed by atoms with Gasteiger partial charge in [-0.25, -0.2) is 0 Å². The van der Waals surface area contributed by atoms with Crippen molar-refractivity contribution in [3.8, 4) is 17.2 Å². The number of ether oxygens (including phenoxy) is 3. The van der Waals surface area contributed by atoms with Crippen LogP contribution in [0.1, 0.15) is 30.0 Å². The normalized spacial score (nSPS) is 17.1. The van der Waals surface area contributed by atoms with E-state index in [9.17, 15) is 4.79 Å². The molecule has 6 nitrogen and oxygen atoms in total. The summed E-state index contributed by atoms with van der Waals surface area (Å²) in [7, 11) is 0. The fraction of sp³-hybridized carbons (Fsp3) is 0.458. The summed E-state index contributed by atoms with van der Waals surface area (Å²) in [5.74, 6) is 2.47. The molecule has 0 saturated carbocycles. The first-order valence-electron chi connectivity index (χ1n) is 10.7. The quantitative estimate of drug-likeness (QED) is 0.729. The molecule has 0 radical (unpaired) electrons. The number of hydrogen-bond donors (Lipinski definition) is 0. The van der Waals surface area contributed by atoms with Crippen LogP contribution in [0.2, 0.25) is 0 Å². The lowest BCUT2D eigenvalue weighted by Crippen LogP contribution is -2.52. The number of carbonyl (C=O) groups is 1. The van der Waals surface area contributed by atoms with Gasteiger partial charge in [-0.3, -0.25) is 9.69 Å². The Morgan fingerprint density at radius 2 is 1.77 bits per heavy atom. The topological polar surface area (TPSA) is 51.2 Å². The highest BCUT2D eigenvalue weighted by Crippen LogP contribution is 2.32. The molecule has 1 unspecified atom stereocenters. The van der Waals surface area contributed by atoms with Crippen molar-refractivity contribution in [1.82, 2.24) is 9.80 Å². The highest BCUT2D eigenvalue weighted by Gasteiger charge is 2.28. The maximum absolute atomic E-state index is 13.0. The lowest BCUT2D eigenvalue weighted by atomic mass is 10.1. The summed E-state index contributed by atoms with van der Waals surface area (Å²) >= 11 is 0. The molecule has 1 fully saturated rings. The third kappa shape index (κ3) is 4.54. The highest BCUT2D eigenvalue weighted by molar-refractivity contribution is 5.81. The van der Waals surface area contributed by atoms with Gasteiger partial charge in [0.25, 0.3) is 5.91 Å². The standard InChI is InChI=1S/C24H30N2O4/c1-4-21(30-20-7-5-17(2)18(3)13-20)24(27)26-11-9-25(10-12-26)15-19-6-8-22-23(14-19)29-16-28-22/h5-8,13-14,21H,4,9-12,15-16H2,1-3H3. The van der Waals surface area contributed by atoms with Crippen molar-refractivity contribution in [3.63, 3.8) is 0 Å². The van der Waals surface area contributed by atoms with Crippen LogP contribution < -0.4 is 14.2 Å². The Kier molecular flexibility index (Phi) is 6.13. The Labute approximate surface area is 178 Å². The molecule has 1 amide bonds. The largest absolute Gasteiger partial charge is 0.481 e. The second-order valence-corrected chi connectivity index (χ2v) is 8.05. The monoisotopic (exact) mass is 410 g/mol. The first-order chi connectivity index (χ1) is 14.5. The van der Waals surface area contributed by atoms with E-state index in [0.29, 0.717) is 13.2 Å². The van der Waals surface area contributed by atoms with E-state index in [2.05, 4.69) is 24.8 Å². The summed E-state index contributed by atoms with van der Waals surface area (Å²) in [6.45, 7) is 10.4. The van der Waals surface area contributed by atoms with Gasteiger partial charge in [0.05, 0.1) is 0 Å². The van der Waals surface area contributed by atoms with Crippen molar-refractivity contribution in [2.75, 3.05) is 33.0 Å². The van der Waals surface area contributed by atoms with Crippen LogP contribution >= 0.6 is 0 Å². The van der Waals surface area contributed by atoms with Gasteiger partial charge in [0.15, 0.2) is 17.6 Å². The molecule has 0 bridgehead atoms. The van der Waals surface area contributed by atoms with E-state index in [1.165, 1.54) is 16.7 Å². The molecular weight excluding hydrogens is 380 g/mol. The number of hydrogen-bond acceptors (Lipinski definition) is 5. The summed E-state index contributed by atoms with van der Waals surface area (Å²) in [6.07, 6.45) is 0.218. The Morgan fingerprint density at radius 1 is 1.00 bits per heavy atom. The van der Waals surface area contributed by atoms with Gasteiger partial charge in [0.2, 0.25) is 6.79 Å². The van der Waals surface area contributed by atoms with E-state index >= 15 is 0 Å². The molecule has 2 heterocycles. The van der Waals surface area contributed by atoms with Gasteiger partial charge < -0.3 is 19.1 Å². The number of rotatable bonds is 6. The molecule has 0 aliphatic carbocycles. The van der Waals surface area contributed by atoms with Gasteiger partial charge in [0, 0.05) is 32.7 Å². The molecule has 1 atom stereocenters. The zero-order valence-electron chi connectivity index (χ0n) is 18.0. The van der Waals surface area contributed by atoms with Gasteiger partial charge in [-0.2, -0.15) is 0 Å². The summed E-state index contributed by atoms with van der Waals surface area (Å²) in [5.41, 5.74) is 3.59. The molecule has 2 aromatic rings. The van der Waals surface area contributed by atoms with Crippen molar-refractivity contribution in [1.29, 1.82) is 0 Å². The molecule has 0 N–H and O–H groups in total. The summed E-state index contributed by atoms with van der Waals surface area (Å²) < 4.78 is 16.9. The van der Waals surface area contributed by atoms with Gasteiger partial charge in [-0.05, 0) is 61.2 Å². The van der Waals surface area contributed by atoms with Crippen LogP contribution in [0.25, 0.3) is 0 Å². The molecule has 2 aliphatic rings. The Bertz CT molecular complexity index is 906. The minimum atomic E-state index is -0.437. The first kappa shape index (κ1) is 20.5. The van der Waals surface area contributed by atoms with E-state index in [1.807, 2.05) is 42.2 Å². The minimum Gasteiger partial charge on any atom is -0.481 e. The average Bonchev–Trinajstić information content (AvgIpc) is 3.22. The van der Waals surface area contributed by atoms with E-state index < -0.39 is 6.10 Å². The Morgan fingerprint density at radius 3 is 2.50 bits per heavy atom. The van der Waals surface area contributed by atoms with Gasteiger partial charge >= 0.3 is 0 Å². The highest BCUT2D eigenvalue weighted by atomic mass is 16.7. The predicted octanol–water partition coefficient (Wildman–Crippen LogP) is 3.53. The molecule has 1 saturated heterocycles. The average molecular weight is 411 g/mol. The van der Waals surface area contributed by atoms with E-state index in [4.69, 9.17) is 14.2 Å². The third-order valence-electron chi connectivity index (χ3n) is 5.93. The Hall–Kier alpha value is -2.73. The van der Waals surface area contributed by atoms with E-state index in [-0.39, 0.29) is 5.91 Å². The van der Waals surface area contributed by atoms with Crippen LogP contribution in [0.3, 0.4) is 0 Å². The van der Waals surface area contributed by atoms with Crippen molar-refractivity contribution in [2.24, 2.45) is 0 Å². The number of fused-ring (bicyclic) bond motifs is 1. The minimum absolute atomic E-state index is 0.0819. The summed E-state index contributed by atoms with van der Waals surface area (Å²) in [6, 6.07) is 12.1. The zero-order chi connectivity index (χ0) is 21.1. The lowest BCUT2D eigenvalue weighted by Gasteiger charge is -2.36. The second kappa shape index (κ2) is 8.96. The summed E-state index contributed by atoms with van der Waals surface area (Å²) in [4.78, 5) is 17.3. The molecule has 4 rings (SSSR count). The van der Waals surface area contributed by atoms with Gasteiger partial charge in [0.1, 0.15) is 5.75 Å². The molecule has 2 aromatic carbocycles. The first-order valence-corrected chi connectivity index (χ1v) is 10.7. The van der Waals surface area contributed by atoms with Gasteiger partial charge in [-0.1, -0.05) is 19.1 Å². The van der Waals surface area contributed by atoms with Crippen molar-refractivity contribution >= 4 is 5.91 Å². The fourth-order valence-corrected chi connectivity index (χ4v) is 3.89. The number of aryl methyl sites for hydroxylation is 2. The number of amides is 1. The zero-order valence-corrected chi connectivity index (χ0v) is 18.0. The molecule has 6 heteroatoms. The molecular formula is C24H30N2O4. The van der Waals surface area contributed by atoms with Crippen LogP contribution in [0.5, 0.6) is 17.2 Å². The number of carbonyl (C=O) groups excluding carboxylic acids is 1. The Balaban J connectivity index is 1.31. The molecule has 0 aromatic heterocycles. The van der Waals surface area contributed by atoms with Gasteiger partial charge in [-0.15, -0.1) is 0 Å². The predicted molar refractivity (Wildman–Crippen MR) is 115 cm³/mol. The lowest BCUT2D eigenvalue weighted by molar-refractivity contribution is -0.140. The second-order valence-electron chi connectivity index (χ2n) is 8.05. The smallest absolute Gasteiger partial charge is 0.263 e. The molecule has 2 aliphatic heterocycles. The van der Waals surface area contributed by atoms with Crippen LogP contribution in [-0.2, 0) is 11.3 Å². The fourth-order valence-electron chi connectivity index (χ4n) is 3.89. The molecule has 160 valence electrons. The van der Waals surface area contributed by atoms with Crippen molar-refractivity contribution in [3.05, 3.63) is 53.1 Å². The van der Waals surface area contributed by atoms with Crippen molar-refractivity contribution < 1.29 is 19.0 Å². The number of benzene rings is 2. The van der Waals surface area contributed by atoms with Crippen LogP contribution in [0.15, 0.2) is 36.4 Å².